The van der Waals surface area contributed by atoms with Gasteiger partial charge in [-0.3, -0.25) is 9.11 Å². The van der Waals surface area contributed by atoms with Crippen LogP contribution in [0.2, 0.25) is 10.0 Å². The lowest BCUT2D eigenvalue weighted by Gasteiger charge is -2.13. The summed E-state index contributed by atoms with van der Waals surface area (Å²) in [4.78, 5) is -1.33. The van der Waals surface area contributed by atoms with Gasteiger partial charge >= 0.3 is 0 Å². The summed E-state index contributed by atoms with van der Waals surface area (Å²) >= 11 is 11.9. The molecule has 2 N–H and O–H groups in total. The van der Waals surface area contributed by atoms with E-state index in [4.69, 9.17) is 37.2 Å². The number of halogens is 2. The minimum Gasteiger partial charge on any atom is -0.457 e. The molecule has 0 atom stereocenters. The van der Waals surface area contributed by atoms with Gasteiger partial charge in [0, 0.05) is 11.1 Å². The van der Waals surface area contributed by atoms with Crippen molar-refractivity contribution >= 4 is 53.3 Å². The van der Waals surface area contributed by atoms with Gasteiger partial charge in [-0.15, -0.1) is 0 Å². The molecule has 0 heterocycles. The fourth-order valence-corrected chi connectivity index (χ4v) is 6.40. The maximum absolute atomic E-state index is 13.0. The van der Waals surface area contributed by atoms with Gasteiger partial charge in [-0.05, 0) is 78.9 Å². The number of rotatable bonds is 8. The zero-order valence-electron chi connectivity index (χ0n) is 19.2. The lowest BCUT2D eigenvalue weighted by Crippen LogP contribution is -2.03. The van der Waals surface area contributed by atoms with Crippen molar-refractivity contribution in [1.82, 2.24) is 0 Å². The number of benzene rings is 4. The minimum atomic E-state index is -4.81. The molecule has 4 aromatic rings. The van der Waals surface area contributed by atoms with Crippen LogP contribution in [0.3, 0.4) is 0 Å². The van der Waals surface area contributed by atoms with Crippen molar-refractivity contribution in [2.45, 2.75) is 19.6 Å². The molecule has 0 saturated carbocycles. The maximum atomic E-state index is 13.0. The first kappa shape index (κ1) is 28.8. The Labute approximate surface area is 233 Å². The predicted molar refractivity (Wildman–Crippen MR) is 141 cm³/mol. The van der Waals surface area contributed by atoms with Gasteiger partial charge in [0.2, 0.25) is 9.84 Å². The van der Waals surface area contributed by atoms with Crippen molar-refractivity contribution in [3.05, 3.63) is 95.0 Å². The van der Waals surface area contributed by atoms with Gasteiger partial charge in [0.15, 0.2) is 0 Å². The zero-order chi connectivity index (χ0) is 28.6. The normalized spacial score (nSPS) is 12.2. The molecule has 0 aliphatic carbocycles. The molecule has 4 rings (SSSR count). The third-order valence-electron chi connectivity index (χ3n) is 5.09. The van der Waals surface area contributed by atoms with E-state index in [0.29, 0.717) is 0 Å². The molecule has 0 aromatic heterocycles. The van der Waals surface area contributed by atoms with Crippen LogP contribution in [0.4, 0.5) is 0 Å². The summed E-state index contributed by atoms with van der Waals surface area (Å²) in [6, 6.07) is 17.2. The molecule has 0 bridgehead atoms. The van der Waals surface area contributed by atoms with Crippen molar-refractivity contribution in [1.29, 1.82) is 0 Å². The molecular weight excluding hydrogens is 615 g/mol. The van der Waals surface area contributed by atoms with Crippen molar-refractivity contribution in [2.24, 2.45) is 0 Å². The Morgan fingerprint density at radius 3 is 1.64 bits per heavy atom. The Kier molecular flexibility index (Phi) is 7.96. The molecule has 0 amide bonds. The average Bonchev–Trinajstić information content (AvgIpc) is 2.86. The molecule has 10 nitrogen and oxygen atoms in total. The van der Waals surface area contributed by atoms with Crippen LogP contribution in [0, 0.1) is 0 Å². The van der Waals surface area contributed by atoms with Crippen LogP contribution in [0.15, 0.2) is 105 Å². The second-order valence-electron chi connectivity index (χ2n) is 7.78. The van der Waals surface area contributed by atoms with Crippen LogP contribution in [0.5, 0.6) is 23.0 Å². The highest BCUT2D eigenvalue weighted by molar-refractivity contribution is 7.91. The van der Waals surface area contributed by atoms with Gasteiger partial charge in [0.1, 0.15) is 27.9 Å². The van der Waals surface area contributed by atoms with Crippen molar-refractivity contribution in [3.8, 4) is 23.0 Å². The molecule has 4 aromatic carbocycles. The summed E-state index contributed by atoms with van der Waals surface area (Å²) in [7, 11) is -13.3. The first-order valence-electron chi connectivity index (χ1n) is 10.5. The van der Waals surface area contributed by atoms with Crippen LogP contribution in [-0.4, -0.2) is 34.4 Å². The SMILES string of the molecule is O=S(=O)(O)c1ccc(Oc2ccc(Oc3ccc(S(=O)(=O)c4cc(Cl)ccc4Cl)cc3)cc2S(=O)(=O)O)cc1. The first-order chi connectivity index (χ1) is 18.1. The summed E-state index contributed by atoms with van der Waals surface area (Å²) in [5, 5.41) is 0.185. The van der Waals surface area contributed by atoms with E-state index in [1.807, 2.05) is 0 Å². The summed E-state index contributed by atoms with van der Waals surface area (Å²) in [6.07, 6.45) is 0. The van der Waals surface area contributed by atoms with E-state index in [1.165, 1.54) is 66.7 Å². The lowest BCUT2D eigenvalue weighted by molar-refractivity contribution is 0.441. The number of hydrogen-bond acceptors (Lipinski definition) is 8. The third kappa shape index (κ3) is 6.70. The van der Waals surface area contributed by atoms with E-state index in [1.54, 1.807) is 0 Å². The fourth-order valence-electron chi connectivity index (χ4n) is 3.28. The monoisotopic (exact) mass is 630 g/mol. The molecule has 0 aliphatic rings. The van der Waals surface area contributed by atoms with Crippen LogP contribution in [0.1, 0.15) is 0 Å². The van der Waals surface area contributed by atoms with Gasteiger partial charge in [0.05, 0.1) is 19.7 Å². The van der Waals surface area contributed by atoms with E-state index in [2.05, 4.69) is 0 Å². The van der Waals surface area contributed by atoms with E-state index >= 15 is 0 Å². The summed E-state index contributed by atoms with van der Waals surface area (Å²) in [6.45, 7) is 0. The third-order valence-corrected chi connectivity index (χ3v) is 9.32. The second-order valence-corrected chi connectivity index (χ2v) is 13.4. The summed E-state index contributed by atoms with van der Waals surface area (Å²) in [5.41, 5.74) is 0. The van der Waals surface area contributed by atoms with E-state index in [0.717, 1.165) is 18.2 Å². The van der Waals surface area contributed by atoms with Crippen molar-refractivity contribution < 1.29 is 43.8 Å². The van der Waals surface area contributed by atoms with Gasteiger partial charge in [-0.1, -0.05) is 23.2 Å². The van der Waals surface area contributed by atoms with Gasteiger partial charge in [0.25, 0.3) is 20.2 Å². The molecule has 0 fully saturated rings. The molecule has 15 heteroatoms. The van der Waals surface area contributed by atoms with Crippen LogP contribution >= 0.6 is 23.2 Å². The largest absolute Gasteiger partial charge is 0.457 e. The smallest absolute Gasteiger partial charge is 0.298 e. The Morgan fingerprint density at radius 1 is 0.538 bits per heavy atom. The first-order valence-corrected chi connectivity index (χ1v) is 15.6. The van der Waals surface area contributed by atoms with Crippen LogP contribution in [-0.2, 0) is 30.1 Å². The fraction of sp³-hybridized carbons (Fsp3) is 0. The number of ether oxygens (including phenoxy) is 2. The summed E-state index contributed by atoms with van der Waals surface area (Å²) < 4.78 is 102. The molecule has 0 radical (unpaired) electrons. The molecule has 0 unspecified atom stereocenters. The second kappa shape index (κ2) is 10.8. The van der Waals surface area contributed by atoms with Crippen LogP contribution < -0.4 is 9.47 Å². The topological polar surface area (TPSA) is 161 Å². The molecule has 0 aliphatic heterocycles. The standard InChI is InChI=1S/C24H16Cl2O10S3/c25-15-1-11-21(26)23(13-15)37(27,28)19-7-2-16(3-8-19)35-18-6-12-22(24(14-18)39(32,33)34)36-17-4-9-20(10-5-17)38(29,30)31/h1-14H,(H,29,30,31)(H,32,33,34). The minimum absolute atomic E-state index is 0.00542. The van der Waals surface area contributed by atoms with Gasteiger partial charge in [-0.2, -0.15) is 16.8 Å². The number of sulfone groups is 1. The average molecular weight is 631 g/mol. The molecule has 0 saturated heterocycles. The van der Waals surface area contributed by atoms with E-state index < -0.39 is 39.9 Å². The van der Waals surface area contributed by atoms with E-state index in [-0.39, 0.29) is 42.8 Å². The summed E-state index contributed by atoms with van der Waals surface area (Å²) in [5.74, 6) is -0.186. The van der Waals surface area contributed by atoms with Crippen LogP contribution in [0.25, 0.3) is 0 Å². The molecular formula is C24H16Cl2O10S3. The van der Waals surface area contributed by atoms with Crippen molar-refractivity contribution in [3.63, 3.8) is 0 Å². The van der Waals surface area contributed by atoms with E-state index in [9.17, 15) is 29.8 Å². The Hall–Kier alpha value is -3.17. The Bertz CT molecular complexity index is 1870. The Morgan fingerprint density at radius 2 is 1.08 bits per heavy atom. The van der Waals surface area contributed by atoms with Gasteiger partial charge < -0.3 is 9.47 Å². The van der Waals surface area contributed by atoms with Crippen molar-refractivity contribution in [2.75, 3.05) is 0 Å². The molecule has 204 valence electrons. The maximum Gasteiger partial charge on any atom is 0.298 e. The quantitative estimate of drug-likeness (QED) is 0.224. The highest BCUT2D eigenvalue weighted by Crippen LogP contribution is 2.35. The lowest BCUT2D eigenvalue weighted by atomic mass is 10.3. The predicted octanol–water partition coefficient (Wildman–Crippen LogP) is 5.90. The van der Waals surface area contributed by atoms with Gasteiger partial charge in [-0.25, -0.2) is 8.42 Å². The number of hydrogen-bond donors (Lipinski definition) is 2. The molecule has 39 heavy (non-hydrogen) atoms. The zero-order valence-corrected chi connectivity index (χ0v) is 23.2. The highest BCUT2D eigenvalue weighted by atomic mass is 35.5. The molecule has 0 spiro atoms. The Balaban J connectivity index is 1.59. The highest BCUT2D eigenvalue weighted by Gasteiger charge is 2.22.